The van der Waals surface area contributed by atoms with Crippen molar-refractivity contribution in [2.45, 2.75) is 43.3 Å². The molecule has 2 N–H and O–H groups in total. The topological polar surface area (TPSA) is 73.0 Å². The summed E-state index contributed by atoms with van der Waals surface area (Å²) in [6, 6.07) is 1.51. The monoisotopic (exact) mass is 268 g/mol. The molecule has 0 bridgehead atoms. The fourth-order valence-corrected chi connectivity index (χ4v) is 5.11. The largest absolute Gasteiger partial charge is 0.396 e. The predicted molar refractivity (Wildman–Crippen MR) is 71.8 cm³/mol. The highest BCUT2D eigenvalue weighted by atomic mass is 32.2. The molecule has 1 aliphatic rings. The Hall–Kier alpha value is -1.10. The molecule has 2 atom stereocenters. The Morgan fingerprint density at radius 1 is 1.22 bits per heavy atom. The number of aromatic nitrogens is 1. The molecule has 2 rings (SSSR count). The van der Waals surface area contributed by atoms with Crippen molar-refractivity contribution < 1.29 is 8.42 Å². The van der Waals surface area contributed by atoms with Crippen LogP contribution in [0.1, 0.15) is 33.1 Å². The highest BCUT2D eigenvalue weighted by Crippen LogP contribution is 2.36. The third-order valence-corrected chi connectivity index (χ3v) is 5.94. The molecular weight excluding hydrogens is 248 g/mol. The Labute approximate surface area is 109 Å². The lowest BCUT2D eigenvalue weighted by atomic mass is 9.83. The zero-order valence-corrected chi connectivity index (χ0v) is 11.7. The van der Waals surface area contributed by atoms with E-state index in [-0.39, 0.29) is 15.8 Å². The van der Waals surface area contributed by atoms with Gasteiger partial charge in [0, 0.05) is 6.20 Å². The van der Waals surface area contributed by atoms with Gasteiger partial charge in [-0.2, -0.15) is 0 Å². The molecule has 0 saturated heterocycles. The molecule has 2 unspecified atom stereocenters. The second-order valence-corrected chi connectivity index (χ2v) is 7.69. The van der Waals surface area contributed by atoms with E-state index in [0.29, 0.717) is 11.8 Å². The van der Waals surface area contributed by atoms with Crippen LogP contribution in [0.25, 0.3) is 0 Å². The normalized spacial score (nSPS) is 29.1. The lowest BCUT2D eigenvalue weighted by molar-refractivity contribution is 0.301. The van der Waals surface area contributed by atoms with Gasteiger partial charge in [-0.25, -0.2) is 8.42 Å². The van der Waals surface area contributed by atoms with Gasteiger partial charge >= 0.3 is 0 Å². The third-order valence-electron chi connectivity index (χ3n) is 3.69. The molecule has 1 saturated carbocycles. The molecular formula is C13H20N2O2S. The van der Waals surface area contributed by atoms with Crippen LogP contribution in [0, 0.1) is 11.8 Å². The van der Waals surface area contributed by atoms with Gasteiger partial charge in [-0.3, -0.25) is 4.98 Å². The molecule has 5 heteroatoms. The van der Waals surface area contributed by atoms with Crippen LogP contribution in [0.3, 0.4) is 0 Å². The Morgan fingerprint density at radius 2 is 1.83 bits per heavy atom. The number of nitrogen functional groups attached to an aromatic ring is 1. The quantitative estimate of drug-likeness (QED) is 0.893. The third kappa shape index (κ3) is 2.51. The van der Waals surface area contributed by atoms with Crippen LogP contribution in [0.2, 0.25) is 0 Å². The maximum absolute atomic E-state index is 12.6. The zero-order valence-electron chi connectivity index (χ0n) is 10.8. The van der Waals surface area contributed by atoms with E-state index in [2.05, 4.69) is 18.8 Å². The summed E-state index contributed by atoms with van der Waals surface area (Å²) in [5.74, 6) is 0.910. The lowest BCUT2D eigenvalue weighted by Crippen LogP contribution is -2.31. The first-order valence-corrected chi connectivity index (χ1v) is 7.89. The van der Waals surface area contributed by atoms with Crippen molar-refractivity contribution in [3.63, 3.8) is 0 Å². The highest BCUT2D eigenvalue weighted by Gasteiger charge is 2.35. The minimum Gasteiger partial charge on any atom is -0.396 e. The SMILES string of the molecule is CC1CC(C)CC(S(=O)(=O)c2ccncc2N)C1. The molecule has 1 aromatic rings. The van der Waals surface area contributed by atoms with E-state index < -0.39 is 9.84 Å². The minimum absolute atomic E-state index is 0.240. The van der Waals surface area contributed by atoms with Crippen molar-refractivity contribution in [2.75, 3.05) is 5.73 Å². The molecule has 0 spiro atoms. The summed E-state index contributed by atoms with van der Waals surface area (Å²) >= 11 is 0. The molecule has 0 radical (unpaired) electrons. The van der Waals surface area contributed by atoms with Gasteiger partial charge < -0.3 is 5.73 Å². The summed E-state index contributed by atoms with van der Waals surface area (Å²) in [4.78, 5) is 4.08. The van der Waals surface area contributed by atoms with E-state index in [1.54, 1.807) is 0 Å². The Balaban J connectivity index is 2.34. The van der Waals surface area contributed by atoms with Gasteiger partial charge in [-0.1, -0.05) is 13.8 Å². The van der Waals surface area contributed by atoms with Crippen LogP contribution in [0.5, 0.6) is 0 Å². The van der Waals surface area contributed by atoms with Crippen molar-refractivity contribution in [2.24, 2.45) is 11.8 Å². The molecule has 1 aromatic heterocycles. The molecule has 0 amide bonds. The Morgan fingerprint density at radius 3 is 2.39 bits per heavy atom. The summed E-state index contributed by atoms with van der Waals surface area (Å²) in [5, 5.41) is -0.305. The standard InChI is InChI=1S/C13H20N2O2S/c1-9-5-10(2)7-11(6-9)18(16,17)13-3-4-15-8-12(13)14/h3-4,8-11H,5-7,14H2,1-2H3. The van der Waals surface area contributed by atoms with Gasteiger partial charge in [-0.15, -0.1) is 0 Å². The summed E-state index contributed by atoms with van der Waals surface area (Å²) in [5.41, 5.74) is 5.99. The van der Waals surface area contributed by atoms with Crippen LogP contribution in [0.4, 0.5) is 5.69 Å². The molecule has 100 valence electrons. The molecule has 4 nitrogen and oxygen atoms in total. The Kier molecular flexibility index (Phi) is 3.61. The number of nitrogens with two attached hydrogens (primary N) is 1. The van der Waals surface area contributed by atoms with Crippen molar-refractivity contribution >= 4 is 15.5 Å². The first-order valence-electron chi connectivity index (χ1n) is 6.34. The molecule has 18 heavy (non-hydrogen) atoms. The van der Waals surface area contributed by atoms with Crippen molar-refractivity contribution in [3.8, 4) is 0 Å². The van der Waals surface area contributed by atoms with Crippen LogP contribution in [0.15, 0.2) is 23.4 Å². The van der Waals surface area contributed by atoms with Gasteiger partial charge in [0.2, 0.25) is 0 Å². The Bertz CT molecular complexity index is 518. The van der Waals surface area contributed by atoms with E-state index in [9.17, 15) is 8.42 Å². The van der Waals surface area contributed by atoms with Gasteiger partial charge in [0.15, 0.2) is 9.84 Å². The molecule has 1 heterocycles. The van der Waals surface area contributed by atoms with Gasteiger partial charge in [0.1, 0.15) is 0 Å². The second kappa shape index (κ2) is 4.88. The van der Waals surface area contributed by atoms with E-state index in [4.69, 9.17) is 5.73 Å². The second-order valence-electron chi connectivity index (χ2n) is 5.50. The van der Waals surface area contributed by atoms with Crippen LogP contribution in [-0.4, -0.2) is 18.7 Å². The van der Waals surface area contributed by atoms with Crippen LogP contribution in [-0.2, 0) is 9.84 Å². The first-order chi connectivity index (χ1) is 8.41. The lowest BCUT2D eigenvalue weighted by Gasteiger charge is -2.31. The maximum atomic E-state index is 12.6. The van der Waals surface area contributed by atoms with Gasteiger partial charge in [0.25, 0.3) is 0 Å². The number of rotatable bonds is 2. The number of sulfone groups is 1. The number of nitrogens with zero attached hydrogens (tertiary/aromatic N) is 1. The average molecular weight is 268 g/mol. The highest BCUT2D eigenvalue weighted by molar-refractivity contribution is 7.92. The van der Waals surface area contributed by atoms with Crippen molar-refractivity contribution in [1.82, 2.24) is 4.98 Å². The van der Waals surface area contributed by atoms with E-state index in [1.807, 2.05) is 0 Å². The molecule has 1 fully saturated rings. The van der Waals surface area contributed by atoms with Crippen LogP contribution >= 0.6 is 0 Å². The van der Waals surface area contributed by atoms with Crippen molar-refractivity contribution in [1.29, 1.82) is 0 Å². The smallest absolute Gasteiger partial charge is 0.183 e. The number of anilines is 1. The maximum Gasteiger partial charge on any atom is 0.183 e. The fourth-order valence-electron chi connectivity index (χ4n) is 2.96. The first kappa shape index (κ1) is 13.3. The summed E-state index contributed by atoms with van der Waals surface area (Å²) in [6.45, 7) is 4.24. The fraction of sp³-hybridized carbons (Fsp3) is 0.615. The number of pyridine rings is 1. The average Bonchev–Trinajstić information content (AvgIpc) is 2.28. The molecule has 0 aliphatic heterocycles. The van der Waals surface area contributed by atoms with Crippen LogP contribution < -0.4 is 5.73 Å². The zero-order chi connectivity index (χ0) is 13.3. The summed E-state index contributed by atoms with van der Waals surface area (Å²) in [7, 11) is -3.32. The van der Waals surface area contributed by atoms with Crippen molar-refractivity contribution in [3.05, 3.63) is 18.5 Å². The van der Waals surface area contributed by atoms with E-state index in [1.165, 1.54) is 18.5 Å². The van der Waals surface area contributed by atoms with E-state index >= 15 is 0 Å². The molecule has 0 aromatic carbocycles. The van der Waals surface area contributed by atoms with Gasteiger partial charge in [0.05, 0.1) is 22.0 Å². The number of hydrogen-bond acceptors (Lipinski definition) is 4. The summed E-state index contributed by atoms with van der Waals surface area (Å²) in [6.07, 6.45) is 5.46. The molecule has 1 aliphatic carbocycles. The minimum atomic E-state index is -3.32. The predicted octanol–water partition coefficient (Wildman–Crippen LogP) is 2.26. The van der Waals surface area contributed by atoms with Gasteiger partial charge in [-0.05, 0) is 37.2 Å². The number of hydrogen-bond donors (Lipinski definition) is 1. The van der Waals surface area contributed by atoms with E-state index in [0.717, 1.165) is 19.3 Å². The summed E-state index contributed by atoms with van der Waals surface area (Å²) < 4.78 is 25.2.